The molecule has 5 heteroatoms. The minimum Gasteiger partial charge on any atom is -0.493 e. The van der Waals surface area contributed by atoms with E-state index in [9.17, 15) is 10.1 Å². The van der Waals surface area contributed by atoms with Crippen LogP contribution in [0.1, 0.15) is 40.0 Å². The number of non-ortho nitro benzene ring substituents is 1. The van der Waals surface area contributed by atoms with E-state index in [4.69, 9.17) is 4.74 Å². The Hall–Kier alpha value is -1.78. The number of anilines is 1. The average Bonchev–Trinajstić information content (AvgIpc) is 2.46. The molecule has 0 spiro atoms. The molecule has 0 aromatic heterocycles. The summed E-state index contributed by atoms with van der Waals surface area (Å²) in [4.78, 5) is 10.6. The third kappa shape index (κ3) is 5.07. The van der Waals surface area contributed by atoms with E-state index >= 15 is 0 Å². The molecule has 0 radical (unpaired) electrons. The molecule has 1 N–H and O–H groups in total. The van der Waals surface area contributed by atoms with Crippen LogP contribution < -0.4 is 10.1 Å². The summed E-state index contributed by atoms with van der Waals surface area (Å²) in [5.41, 5.74) is 0.808. The van der Waals surface area contributed by atoms with Crippen molar-refractivity contribution in [3.63, 3.8) is 0 Å². The zero-order chi connectivity index (χ0) is 15.0. The first-order valence-electron chi connectivity index (χ1n) is 7.26. The number of nitrogens with zero attached hydrogens (tertiary/aromatic N) is 1. The van der Waals surface area contributed by atoms with Crippen molar-refractivity contribution in [1.29, 1.82) is 0 Å². The van der Waals surface area contributed by atoms with E-state index in [1.54, 1.807) is 6.07 Å². The lowest BCUT2D eigenvalue weighted by molar-refractivity contribution is -0.384. The van der Waals surface area contributed by atoms with Gasteiger partial charge in [-0.05, 0) is 12.3 Å². The van der Waals surface area contributed by atoms with E-state index in [0.29, 0.717) is 18.3 Å². The largest absolute Gasteiger partial charge is 0.493 e. The number of hydrogen-bond donors (Lipinski definition) is 1. The van der Waals surface area contributed by atoms with Gasteiger partial charge in [-0.3, -0.25) is 10.1 Å². The predicted molar refractivity (Wildman–Crippen MR) is 81.4 cm³/mol. The fourth-order valence-corrected chi connectivity index (χ4v) is 1.93. The van der Waals surface area contributed by atoms with Gasteiger partial charge in [-0.15, -0.1) is 0 Å². The smallest absolute Gasteiger partial charge is 0.275 e. The molecule has 5 nitrogen and oxygen atoms in total. The monoisotopic (exact) mass is 280 g/mol. The van der Waals surface area contributed by atoms with Crippen molar-refractivity contribution in [2.24, 2.45) is 5.92 Å². The molecule has 0 amide bonds. The van der Waals surface area contributed by atoms with Gasteiger partial charge in [-0.1, -0.05) is 33.6 Å². The standard InChI is InChI=1S/C15H24N2O3/c1-4-7-20-15-9-13(8-14(10-15)17(18)19)16-11-12(5-2)6-3/h8-10,12,16H,4-7,11H2,1-3H3. The van der Waals surface area contributed by atoms with Gasteiger partial charge in [0.15, 0.2) is 0 Å². The maximum absolute atomic E-state index is 11.0. The molecule has 0 heterocycles. The lowest BCUT2D eigenvalue weighted by Crippen LogP contribution is -2.12. The third-order valence-electron chi connectivity index (χ3n) is 3.32. The van der Waals surface area contributed by atoms with Crippen molar-refractivity contribution in [3.8, 4) is 5.75 Å². The second kappa shape index (κ2) is 8.40. The molecule has 0 atom stereocenters. The van der Waals surface area contributed by atoms with E-state index in [1.165, 1.54) is 6.07 Å². The van der Waals surface area contributed by atoms with Crippen molar-refractivity contribution in [1.82, 2.24) is 0 Å². The molecule has 0 saturated heterocycles. The molecule has 1 rings (SSSR count). The second-order valence-corrected chi connectivity index (χ2v) is 4.88. The zero-order valence-corrected chi connectivity index (χ0v) is 12.5. The number of nitrogens with one attached hydrogen (secondary N) is 1. The number of rotatable bonds is 9. The molecular weight excluding hydrogens is 256 g/mol. The molecule has 0 aliphatic rings. The van der Waals surface area contributed by atoms with Gasteiger partial charge >= 0.3 is 0 Å². The first kappa shape index (κ1) is 16.3. The molecule has 0 saturated carbocycles. The molecule has 112 valence electrons. The van der Waals surface area contributed by atoms with Crippen molar-refractivity contribution in [3.05, 3.63) is 28.3 Å². The van der Waals surface area contributed by atoms with Crippen molar-refractivity contribution >= 4 is 11.4 Å². The van der Waals surface area contributed by atoms with Gasteiger partial charge in [0, 0.05) is 24.4 Å². The Bertz CT molecular complexity index is 431. The summed E-state index contributed by atoms with van der Waals surface area (Å²) in [5, 5.41) is 14.2. The van der Waals surface area contributed by atoms with Crippen LogP contribution in [-0.2, 0) is 0 Å². The number of benzene rings is 1. The number of nitro benzene ring substituents is 1. The zero-order valence-electron chi connectivity index (χ0n) is 12.5. The Balaban J connectivity index is 2.82. The fourth-order valence-electron chi connectivity index (χ4n) is 1.93. The summed E-state index contributed by atoms with van der Waals surface area (Å²) < 4.78 is 5.50. The Labute approximate surface area is 120 Å². The highest BCUT2D eigenvalue weighted by molar-refractivity contribution is 5.56. The van der Waals surface area contributed by atoms with E-state index in [-0.39, 0.29) is 10.6 Å². The molecular formula is C15H24N2O3. The van der Waals surface area contributed by atoms with Crippen molar-refractivity contribution < 1.29 is 9.66 Å². The Morgan fingerprint density at radius 1 is 1.25 bits per heavy atom. The molecule has 0 aliphatic heterocycles. The molecule has 0 fully saturated rings. The van der Waals surface area contributed by atoms with Gasteiger partial charge < -0.3 is 10.1 Å². The first-order chi connectivity index (χ1) is 9.60. The third-order valence-corrected chi connectivity index (χ3v) is 3.32. The van der Waals surface area contributed by atoms with Crippen molar-refractivity contribution in [2.75, 3.05) is 18.5 Å². The lowest BCUT2D eigenvalue weighted by atomic mass is 10.0. The summed E-state index contributed by atoms with van der Waals surface area (Å²) >= 11 is 0. The first-order valence-corrected chi connectivity index (χ1v) is 7.26. The normalized spacial score (nSPS) is 10.6. The average molecular weight is 280 g/mol. The molecule has 20 heavy (non-hydrogen) atoms. The summed E-state index contributed by atoms with van der Waals surface area (Å²) in [7, 11) is 0. The van der Waals surface area contributed by atoms with E-state index in [2.05, 4.69) is 19.2 Å². The van der Waals surface area contributed by atoms with Crippen LogP contribution in [0.2, 0.25) is 0 Å². The molecule has 0 bridgehead atoms. The summed E-state index contributed by atoms with van der Waals surface area (Å²) in [6.07, 6.45) is 3.06. The van der Waals surface area contributed by atoms with Crippen LogP contribution in [0, 0.1) is 16.0 Å². The van der Waals surface area contributed by atoms with Crippen LogP contribution in [-0.4, -0.2) is 18.1 Å². The van der Waals surface area contributed by atoms with Crippen LogP contribution in [0.15, 0.2) is 18.2 Å². The Morgan fingerprint density at radius 3 is 2.50 bits per heavy atom. The summed E-state index contributed by atoms with van der Waals surface area (Å²) in [5.74, 6) is 1.13. The second-order valence-electron chi connectivity index (χ2n) is 4.88. The van der Waals surface area contributed by atoms with Crippen LogP contribution in [0.4, 0.5) is 11.4 Å². The SMILES string of the molecule is CCCOc1cc(NCC(CC)CC)cc([N+](=O)[O-])c1. The maximum Gasteiger partial charge on any atom is 0.275 e. The Kier molecular flexibility index (Phi) is 6.84. The van der Waals surface area contributed by atoms with E-state index in [1.807, 2.05) is 13.0 Å². The van der Waals surface area contributed by atoms with Crippen LogP contribution in [0.3, 0.4) is 0 Å². The highest BCUT2D eigenvalue weighted by Crippen LogP contribution is 2.26. The van der Waals surface area contributed by atoms with E-state index < -0.39 is 0 Å². The van der Waals surface area contributed by atoms with Gasteiger partial charge in [0.2, 0.25) is 0 Å². The van der Waals surface area contributed by atoms with Crippen LogP contribution in [0.25, 0.3) is 0 Å². The fraction of sp³-hybridized carbons (Fsp3) is 0.600. The minimum atomic E-state index is -0.388. The number of hydrogen-bond acceptors (Lipinski definition) is 4. The molecule has 0 unspecified atom stereocenters. The maximum atomic E-state index is 11.0. The molecule has 1 aromatic carbocycles. The van der Waals surface area contributed by atoms with Gasteiger partial charge in [-0.25, -0.2) is 0 Å². The lowest BCUT2D eigenvalue weighted by Gasteiger charge is -2.15. The molecule has 1 aromatic rings. The predicted octanol–water partition coefficient (Wildman–Crippen LogP) is 4.23. The Morgan fingerprint density at radius 2 is 1.95 bits per heavy atom. The van der Waals surface area contributed by atoms with Crippen LogP contribution in [0.5, 0.6) is 5.75 Å². The van der Waals surface area contributed by atoms with Crippen LogP contribution >= 0.6 is 0 Å². The number of nitro groups is 1. The van der Waals surface area contributed by atoms with Gasteiger partial charge in [0.1, 0.15) is 5.75 Å². The minimum absolute atomic E-state index is 0.0608. The highest BCUT2D eigenvalue weighted by atomic mass is 16.6. The quantitative estimate of drug-likeness (QED) is 0.543. The topological polar surface area (TPSA) is 64.4 Å². The highest BCUT2D eigenvalue weighted by Gasteiger charge is 2.11. The number of ether oxygens (including phenoxy) is 1. The summed E-state index contributed by atoms with van der Waals surface area (Å²) in [6.45, 7) is 7.69. The van der Waals surface area contributed by atoms with Crippen molar-refractivity contribution in [2.45, 2.75) is 40.0 Å². The van der Waals surface area contributed by atoms with Gasteiger partial charge in [0.05, 0.1) is 17.6 Å². The van der Waals surface area contributed by atoms with Gasteiger partial charge in [0.25, 0.3) is 5.69 Å². The summed E-state index contributed by atoms with van der Waals surface area (Å²) in [6, 6.07) is 4.85. The van der Waals surface area contributed by atoms with Gasteiger partial charge in [-0.2, -0.15) is 0 Å². The van der Waals surface area contributed by atoms with E-state index in [0.717, 1.165) is 31.5 Å². The molecule has 0 aliphatic carbocycles.